The van der Waals surface area contributed by atoms with Gasteiger partial charge in [0.15, 0.2) is 12.0 Å². The lowest BCUT2D eigenvalue weighted by molar-refractivity contribution is -0.0473. The van der Waals surface area contributed by atoms with Crippen LogP contribution < -0.4 is 11.2 Å². The van der Waals surface area contributed by atoms with Crippen LogP contribution in [-0.2, 0) is 22.9 Å². The highest BCUT2D eigenvalue weighted by molar-refractivity contribution is 7.48. The minimum atomic E-state index is -3.81. The summed E-state index contributed by atoms with van der Waals surface area (Å²) >= 11 is 0. The van der Waals surface area contributed by atoms with E-state index in [0.717, 1.165) is 10.6 Å². The predicted molar refractivity (Wildman–Crippen MR) is 82.0 cm³/mol. The van der Waals surface area contributed by atoms with Crippen molar-refractivity contribution in [3.05, 3.63) is 44.4 Å². The monoisotopic (exact) mass is 354 g/mol. The van der Waals surface area contributed by atoms with E-state index in [0.29, 0.717) is 0 Å². The molecule has 10 heteroatoms. The normalized spacial score (nSPS) is 29.2. The van der Waals surface area contributed by atoms with Crippen LogP contribution in [0.2, 0.25) is 0 Å². The van der Waals surface area contributed by atoms with Crippen molar-refractivity contribution >= 4 is 7.82 Å². The maximum atomic E-state index is 12.5. The minimum Gasteiger partial charge on any atom is -0.404 e. The molecule has 1 aromatic heterocycles. The number of hydrogen-bond acceptors (Lipinski definition) is 7. The molecule has 9 nitrogen and oxygen atoms in total. The molecule has 2 aliphatic rings. The Morgan fingerprint density at radius 1 is 1.50 bits per heavy atom. The third kappa shape index (κ3) is 2.97. The average Bonchev–Trinajstić information content (AvgIpc) is 2.83. The van der Waals surface area contributed by atoms with E-state index in [1.165, 1.54) is 6.20 Å². The Balaban J connectivity index is 2.00. The molecular formula is C14H15N2O7P. The summed E-state index contributed by atoms with van der Waals surface area (Å²) in [6.07, 6.45) is 4.66. The van der Waals surface area contributed by atoms with Crippen molar-refractivity contribution in [3.63, 3.8) is 0 Å². The van der Waals surface area contributed by atoms with Crippen molar-refractivity contribution < 1.29 is 22.9 Å². The first-order valence-corrected chi connectivity index (χ1v) is 8.59. The molecule has 0 spiro atoms. The van der Waals surface area contributed by atoms with Crippen molar-refractivity contribution in [1.29, 1.82) is 0 Å². The van der Waals surface area contributed by atoms with E-state index in [-0.39, 0.29) is 24.0 Å². The summed E-state index contributed by atoms with van der Waals surface area (Å²) in [6.45, 7) is 3.27. The predicted octanol–water partition coefficient (Wildman–Crippen LogP) is 0.901. The topological polar surface area (TPSA) is 109 Å². The molecule has 1 fully saturated rings. The molecule has 0 radical (unpaired) electrons. The summed E-state index contributed by atoms with van der Waals surface area (Å²) in [5.41, 5.74) is -1.05. The Hall–Kier alpha value is -2.11. The molecule has 3 heterocycles. The molecule has 2 aliphatic heterocycles. The Morgan fingerprint density at radius 2 is 2.25 bits per heavy atom. The Morgan fingerprint density at radius 3 is 2.88 bits per heavy atom. The van der Waals surface area contributed by atoms with Crippen LogP contribution in [0.15, 0.2) is 33.2 Å². The fourth-order valence-corrected chi connectivity index (χ4v) is 3.83. The van der Waals surface area contributed by atoms with E-state index in [4.69, 9.17) is 24.7 Å². The summed E-state index contributed by atoms with van der Waals surface area (Å²) < 4.78 is 35.0. The summed E-state index contributed by atoms with van der Waals surface area (Å²) in [6, 6.07) is 1.16. The number of nitrogens with zero attached hydrogens (tertiary/aromatic N) is 1. The van der Waals surface area contributed by atoms with Crippen LogP contribution in [0, 0.1) is 12.3 Å². The van der Waals surface area contributed by atoms with Crippen molar-refractivity contribution in [3.8, 4) is 12.3 Å². The zero-order valence-electron chi connectivity index (χ0n) is 12.9. The van der Waals surface area contributed by atoms with Gasteiger partial charge in [0.05, 0.1) is 18.3 Å². The zero-order valence-corrected chi connectivity index (χ0v) is 13.8. The van der Waals surface area contributed by atoms with Crippen molar-refractivity contribution in [1.82, 2.24) is 9.55 Å². The third-order valence-corrected chi connectivity index (χ3v) is 4.86. The van der Waals surface area contributed by atoms with E-state index in [1.807, 2.05) is 0 Å². The van der Waals surface area contributed by atoms with E-state index >= 15 is 0 Å². The lowest BCUT2D eigenvalue weighted by atomic mass is 10.2. The van der Waals surface area contributed by atoms with Crippen LogP contribution in [0.3, 0.4) is 0 Å². The molecule has 1 saturated heterocycles. The van der Waals surface area contributed by atoms with Crippen molar-refractivity contribution in [2.45, 2.75) is 32.3 Å². The lowest BCUT2D eigenvalue weighted by Crippen LogP contribution is -2.33. The Kier molecular flexibility index (Phi) is 4.24. The second-order valence-electron chi connectivity index (χ2n) is 5.41. The van der Waals surface area contributed by atoms with Crippen LogP contribution in [0.1, 0.15) is 20.1 Å². The van der Waals surface area contributed by atoms with Gasteiger partial charge in [0.25, 0.3) is 5.56 Å². The van der Waals surface area contributed by atoms with Crippen LogP contribution in [-0.4, -0.2) is 28.4 Å². The first kappa shape index (κ1) is 16.7. The third-order valence-electron chi connectivity index (χ3n) is 3.29. The lowest BCUT2D eigenvalue weighted by Gasteiger charge is -2.28. The van der Waals surface area contributed by atoms with Gasteiger partial charge >= 0.3 is 13.5 Å². The van der Waals surface area contributed by atoms with Crippen LogP contribution in [0.5, 0.6) is 0 Å². The minimum absolute atomic E-state index is 0.0981. The summed E-state index contributed by atoms with van der Waals surface area (Å²) in [5, 5.41) is 0. The van der Waals surface area contributed by atoms with E-state index < -0.39 is 31.4 Å². The Labute approximate surface area is 136 Å². The summed E-state index contributed by atoms with van der Waals surface area (Å²) in [7, 11) is -3.81. The fraction of sp³-hybridized carbons (Fsp3) is 0.429. The van der Waals surface area contributed by atoms with E-state index in [2.05, 4.69) is 10.9 Å². The molecule has 1 N–H and O–H groups in total. The smallest absolute Gasteiger partial charge is 0.404 e. The molecule has 2 unspecified atom stereocenters. The number of phosphoric ester groups is 1. The number of terminal acetylenes is 1. The van der Waals surface area contributed by atoms with Gasteiger partial charge in [-0.1, -0.05) is 5.92 Å². The van der Waals surface area contributed by atoms with Crippen LogP contribution in [0.25, 0.3) is 0 Å². The van der Waals surface area contributed by atoms with Gasteiger partial charge in [-0.25, -0.2) is 9.36 Å². The summed E-state index contributed by atoms with van der Waals surface area (Å²) in [5.74, 6) is 2.53. The van der Waals surface area contributed by atoms with Gasteiger partial charge in [-0.3, -0.25) is 23.4 Å². The molecule has 24 heavy (non-hydrogen) atoms. The first-order valence-electron chi connectivity index (χ1n) is 7.13. The van der Waals surface area contributed by atoms with Crippen LogP contribution >= 0.6 is 7.82 Å². The molecular weight excluding hydrogens is 339 g/mol. The SMILES string of the molecule is C#CC1=C2OP(=O)(OC(C)C)OC[C@H]2OC1n1ccc(=O)[nH]c1=O. The van der Waals surface area contributed by atoms with Gasteiger partial charge in [-0.05, 0) is 13.8 Å². The molecule has 0 saturated carbocycles. The highest BCUT2D eigenvalue weighted by Gasteiger charge is 2.47. The van der Waals surface area contributed by atoms with Gasteiger partial charge in [-0.15, -0.1) is 6.42 Å². The average molecular weight is 354 g/mol. The van der Waals surface area contributed by atoms with Gasteiger partial charge in [-0.2, -0.15) is 0 Å². The quantitative estimate of drug-likeness (QED) is 0.634. The highest BCUT2D eigenvalue weighted by atomic mass is 31.2. The Bertz CT molecular complexity index is 891. The number of aromatic nitrogens is 2. The summed E-state index contributed by atoms with van der Waals surface area (Å²) in [4.78, 5) is 25.3. The maximum absolute atomic E-state index is 12.5. The zero-order chi connectivity index (χ0) is 17.5. The largest absolute Gasteiger partial charge is 0.530 e. The molecule has 3 rings (SSSR count). The standard InChI is InChI=1S/C14H15N2O7P/c1-4-9-12-10(7-20-24(19,23-12)22-8(2)3)21-13(9)16-6-5-11(17)15-14(16)18/h1,5-6,8,10,13H,7H2,2-3H3,(H,15,17,18)/t10-,13?,24?/m1/s1. The van der Waals surface area contributed by atoms with Gasteiger partial charge in [0.2, 0.25) is 0 Å². The maximum Gasteiger partial charge on any atom is 0.530 e. The number of nitrogens with one attached hydrogen (secondary N) is 1. The first-order chi connectivity index (χ1) is 11.3. The molecule has 0 aliphatic carbocycles. The van der Waals surface area contributed by atoms with Gasteiger partial charge < -0.3 is 9.26 Å². The second kappa shape index (κ2) is 6.07. The highest BCUT2D eigenvalue weighted by Crippen LogP contribution is 2.58. The molecule has 0 aromatic carbocycles. The number of aromatic amines is 1. The number of ether oxygens (including phenoxy) is 1. The molecule has 0 amide bonds. The second-order valence-corrected chi connectivity index (χ2v) is 6.95. The van der Waals surface area contributed by atoms with E-state index in [1.54, 1.807) is 13.8 Å². The number of H-pyrrole nitrogens is 1. The van der Waals surface area contributed by atoms with Gasteiger partial charge in [0, 0.05) is 12.3 Å². The van der Waals surface area contributed by atoms with E-state index in [9.17, 15) is 14.2 Å². The number of hydrogen-bond donors (Lipinski definition) is 1. The van der Waals surface area contributed by atoms with Gasteiger partial charge in [0.1, 0.15) is 6.10 Å². The number of fused-ring (bicyclic) bond motifs is 1. The van der Waals surface area contributed by atoms with Crippen molar-refractivity contribution in [2.75, 3.05) is 6.61 Å². The number of rotatable bonds is 3. The number of phosphoric acid groups is 1. The van der Waals surface area contributed by atoms with Crippen molar-refractivity contribution in [2.24, 2.45) is 0 Å². The molecule has 3 atom stereocenters. The molecule has 1 aromatic rings. The van der Waals surface area contributed by atoms with Crippen LogP contribution in [0.4, 0.5) is 0 Å². The fourth-order valence-electron chi connectivity index (χ4n) is 2.38. The molecule has 128 valence electrons. The molecule has 0 bridgehead atoms.